The van der Waals surface area contributed by atoms with E-state index in [1.807, 2.05) is 0 Å². The normalized spacial score (nSPS) is 16.3. The van der Waals surface area contributed by atoms with E-state index < -0.39 is 5.97 Å². The number of carboxylic acids is 1. The fourth-order valence-corrected chi connectivity index (χ4v) is 2.05. The first kappa shape index (κ1) is 12.7. The van der Waals surface area contributed by atoms with Gasteiger partial charge in [-0.1, -0.05) is 19.8 Å². The lowest BCUT2D eigenvalue weighted by Crippen LogP contribution is -2.21. The van der Waals surface area contributed by atoms with Crippen molar-refractivity contribution in [3.8, 4) is 0 Å². The van der Waals surface area contributed by atoms with Gasteiger partial charge in [-0.15, -0.1) is 0 Å². The number of nitrogens with two attached hydrogens (primary N) is 1. The van der Waals surface area contributed by atoms with E-state index in [0.717, 1.165) is 18.8 Å². The summed E-state index contributed by atoms with van der Waals surface area (Å²) in [7, 11) is 0. The van der Waals surface area contributed by atoms with E-state index in [2.05, 4.69) is 17.2 Å². The maximum atomic E-state index is 11.0. The third kappa shape index (κ3) is 2.91. The Bertz CT molecular complexity index is 444. The molecule has 98 valence electrons. The lowest BCUT2D eigenvalue weighted by Gasteiger charge is -2.18. The average molecular weight is 249 g/mol. The molecular weight excluding hydrogens is 230 g/mol. The molecule has 0 aliphatic heterocycles. The van der Waals surface area contributed by atoms with E-state index in [1.165, 1.54) is 25.1 Å². The SMILES string of the molecule is CCC(CC1CC1)Nc1nccc(C(=O)O)c1N. The molecule has 1 fully saturated rings. The van der Waals surface area contributed by atoms with Crippen LogP contribution in [0.2, 0.25) is 0 Å². The van der Waals surface area contributed by atoms with E-state index >= 15 is 0 Å². The molecule has 4 N–H and O–H groups in total. The maximum Gasteiger partial charge on any atom is 0.337 e. The third-order valence-electron chi connectivity index (χ3n) is 3.37. The van der Waals surface area contributed by atoms with Gasteiger partial charge in [0.05, 0.1) is 11.3 Å². The number of carboxylic acid groups (broad SMARTS) is 1. The zero-order valence-corrected chi connectivity index (χ0v) is 10.5. The monoisotopic (exact) mass is 249 g/mol. The maximum absolute atomic E-state index is 11.0. The predicted molar refractivity (Wildman–Crippen MR) is 70.7 cm³/mol. The number of rotatable bonds is 6. The van der Waals surface area contributed by atoms with Crippen molar-refractivity contribution in [2.45, 2.75) is 38.6 Å². The Hall–Kier alpha value is -1.78. The van der Waals surface area contributed by atoms with Crippen molar-refractivity contribution >= 4 is 17.5 Å². The molecule has 1 saturated carbocycles. The van der Waals surface area contributed by atoms with Crippen molar-refractivity contribution in [3.63, 3.8) is 0 Å². The molecule has 5 nitrogen and oxygen atoms in total. The van der Waals surface area contributed by atoms with Gasteiger partial charge >= 0.3 is 5.97 Å². The largest absolute Gasteiger partial charge is 0.478 e. The van der Waals surface area contributed by atoms with E-state index in [9.17, 15) is 4.79 Å². The second kappa shape index (κ2) is 5.25. The van der Waals surface area contributed by atoms with Crippen LogP contribution in [-0.2, 0) is 0 Å². The molecule has 2 rings (SSSR count). The lowest BCUT2D eigenvalue weighted by atomic mass is 10.1. The molecule has 0 spiro atoms. The van der Waals surface area contributed by atoms with Gasteiger partial charge in [0.2, 0.25) is 0 Å². The van der Waals surface area contributed by atoms with Crippen molar-refractivity contribution in [3.05, 3.63) is 17.8 Å². The molecule has 1 aromatic rings. The molecule has 0 saturated heterocycles. The molecule has 1 aliphatic carbocycles. The second-order valence-electron chi connectivity index (χ2n) is 4.85. The molecule has 0 bridgehead atoms. The van der Waals surface area contributed by atoms with Gasteiger partial charge in [-0.05, 0) is 24.8 Å². The van der Waals surface area contributed by atoms with Gasteiger partial charge in [0.15, 0.2) is 0 Å². The molecule has 1 aliphatic rings. The highest BCUT2D eigenvalue weighted by Gasteiger charge is 2.25. The predicted octanol–water partition coefficient (Wildman–Crippen LogP) is 2.35. The smallest absolute Gasteiger partial charge is 0.337 e. The molecule has 18 heavy (non-hydrogen) atoms. The Morgan fingerprint density at radius 3 is 2.94 bits per heavy atom. The van der Waals surface area contributed by atoms with Crippen LogP contribution in [0.4, 0.5) is 11.5 Å². The summed E-state index contributed by atoms with van der Waals surface area (Å²) in [6, 6.07) is 1.74. The quantitative estimate of drug-likeness (QED) is 0.720. The van der Waals surface area contributed by atoms with Crippen molar-refractivity contribution in [2.75, 3.05) is 11.1 Å². The van der Waals surface area contributed by atoms with Gasteiger partial charge in [0.25, 0.3) is 0 Å². The Morgan fingerprint density at radius 2 is 2.39 bits per heavy atom. The fraction of sp³-hybridized carbons (Fsp3) is 0.538. The highest BCUT2D eigenvalue weighted by Crippen LogP contribution is 2.35. The number of pyridine rings is 1. The number of hydrogen-bond acceptors (Lipinski definition) is 4. The molecule has 0 radical (unpaired) electrons. The molecule has 0 amide bonds. The van der Waals surface area contributed by atoms with Crippen LogP contribution in [0.25, 0.3) is 0 Å². The summed E-state index contributed by atoms with van der Waals surface area (Å²) >= 11 is 0. The standard InChI is InChI=1S/C13H19N3O2/c1-2-9(7-8-3-4-8)16-12-11(14)10(13(17)18)5-6-15-12/h5-6,8-9H,2-4,7,14H2,1H3,(H,15,16)(H,17,18). The van der Waals surface area contributed by atoms with Gasteiger partial charge in [-0.25, -0.2) is 9.78 Å². The summed E-state index contributed by atoms with van der Waals surface area (Å²) in [6.07, 6.45) is 6.17. The lowest BCUT2D eigenvalue weighted by molar-refractivity contribution is 0.0698. The molecular formula is C13H19N3O2. The minimum atomic E-state index is -1.02. The first-order valence-corrected chi connectivity index (χ1v) is 6.36. The second-order valence-corrected chi connectivity index (χ2v) is 4.85. The fourth-order valence-electron chi connectivity index (χ4n) is 2.05. The summed E-state index contributed by atoms with van der Waals surface area (Å²) in [5.41, 5.74) is 6.15. The molecule has 1 heterocycles. The van der Waals surface area contributed by atoms with E-state index in [0.29, 0.717) is 11.9 Å². The molecule has 0 aromatic carbocycles. The molecule has 5 heteroatoms. The van der Waals surface area contributed by atoms with Crippen molar-refractivity contribution in [1.29, 1.82) is 0 Å². The van der Waals surface area contributed by atoms with Gasteiger partial charge in [0, 0.05) is 12.2 Å². The average Bonchev–Trinajstić information content (AvgIpc) is 3.14. The van der Waals surface area contributed by atoms with Gasteiger partial charge < -0.3 is 16.2 Å². The Kier molecular flexibility index (Phi) is 3.69. The van der Waals surface area contributed by atoms with Crippen LogP contribution in [-0.4, -0.2) is 22.1 Å². The number of anilines is 2. The number of nitrogen functional groups attached to an aromatic ring is 1. The number of nitrogens with one attached hydrogen (secondary N) is 1. The van der Waals surface area contributed by atoms with Crippen molar-refractivity contribution < 1.29 is 9.90 Å². The summed E-state index contributed by atoms with van der Waals surface area (Å²) < 4.78 is 0. The molecule has 1 unspecified atom stereocenters. The zero-order valence-electron chi connectivity index (χ0n) is 10.5. The molecule has 1 atom stereocenters. The minimum Gasteiger partial charge on any atom is -0.478 e. The zero-order chi connectivity index (χ0) is 13.1. The van der Waals surface area contributed by atoms with Gasteiger partial charge in [0.1, 0.15) is 5.82 Å². The van der Waals surface area contributed by atoms with Crippen LogP contribution < -0.4 is 11.1 Å². The Labute approximate surface area is 106 Å². The summed E-state index contributed by atoms with van der Waals surface area (Å²) in [4.78, 5) is 15.1. The number of hydrogen-bond donors (Lipinski definition) is 3. The van der Waals surface area contributed by atoms with Crippen molar-refractivity contribution in [1.82, 2.24) is 4.98 Å². The number of aromatic nitrogens is 1. The van der Waals surface area contributed by atoms with Gasteiger partial charge in [-0.3, -0.25) is 0 Å². The van der Waals surface area contributed by atoms with Crippen LogP contribution in [0, 0.1) is 5.92 Å². The van der Waals surface area contributed by atoms with E-state index in [-0.39, 0.29) is 11.3 Å². The van der Waals surface area contributed by atoms with E-state index in [4.69, 9.17) is 10.8 Å². The number of nitrogens with zero attached hydrogens (tertiary/aromatic N) is 1. The third-order valence-corrected chi connectivity index (χ3v) is 3.37. The highest BCUT2D eigenvalue weighted by molar-refractivity contribution is 5.96. The Balaban J connectivity index is 2.11. The number of carbonyl (C=O) groups is 1. The number of aromatic carboxylic acids is 1. The van der Waals surface area contributed by atoms with E-state index in [1.54, 1.807) is 0 Å². The first-order chi connectivity index (χ1) is 8.61. The van der Waals surface area contributed by atoms with Crippen LogP contribution in [0.5, 0.6) is 0 Å². The summed E-state index contributed by atoms with van der Waals surface area (Å²) in [5.74, 6) is 0.280. The topological polar surface area (TPSA) is 88.2 Å². The van der Waals surface area contributed by atoms with Crippen LogP contribution >= 0.6 is 0 Å². The van der Waals surface area contributed by atoms with Crippen LogP contribution in [0.1, 0.15) is 43.0 Å². The van der Waals surface area contributed by atoms with Gasteiger partial charge in [-0.2, -0.15) is 0 Å². The first-order valence-electron chi connectivity index (χ1n) is 6.36. The van der Waals surface area contributed by atoms with Crippen LogP contribution in [0.3, 0.4) is 0 Å². The van der Waals surface area contributed by atoms with Crippen molar-refractivity contribution in [2.24, 2.45) is 5.92 Å². The van der Waals surface area contributed by atoms with Crippen LogP contribution in [0.15, 0.2) is 12.3 Å². The Morgan fingerprint density at radius 1 is 1.67 bits per heavy atom. The minimum absolute atomic E-state index is 0.105. The summed E-state index contributed by atoms with van der Waals surface area (Å²) in [6.45, 7) is 2.11. The highest BCUT2D eigenvalue weighted by atomic mass is 16.4. The molecule has 1 aromatic heterocycles. The summed E-state index contributed by atoms with van der Waals surface area (Å²) in [5, 5.41) is 12.3.